The van der Waals surface area contributed by atoms with Gasteiger partial charge in [0.1, 0.15) is 0 Å². The van der Waals surface area contributed by atoms with Crippen molar-refractivity contribution in [1.29, 1.82) is 0 Å². The Bertz CT molecular complexity index is 300. The van der Waals surface area contributed by atoms with Gasteiger partial charge in [0.25, 0.3) is 0 Å². The van der Waals surface area contributed by atoms with Crippen molar-refractivity contribution in [2.45, 2.75) is 33.0 Å². The molecule has 0 heterocycles. The van der Waals surface area contributed by atoms with Crippen molar-refractivity contribution in [2.75, 3.05) is 0 Å². The van der Waals surface area contributed by atoms with Gasteiger partial charge in [0, 0.05) is 0 Å². The molecule has 1 heteroatoms. The van der Waals surface area contributed by atoms with Crippen molar-refractivity contribution in [3.63, 3.8) is 0 Å². The number of hydrogen-bond donors (Lipinski definition) is 0. The summed E-state index contributed by atoms with van der Waals surface area (Å²) in [7, 11) is 0. The fourth-order valence-corrected chi connectivity index (χ4v) is 2.60. The third-order valence-electron chi connectivity index (χ3n) is 2.67. The van der Waals surface area contributed by atoms with Gasteiger partial charge in [0.2, 0.25) is 0 Å². The van der Waals surface area contributed by atoms with E-state index in [0.29, 0.717) is 0 Å². The molecule has 0 radical (unpaired) electrons. The number of hydrogen-bond acceptors (Lipinski definition) is 0. The van der Waals surface area contributed by atoms with Crippen molar-refractivity contribution >= 4 is 16.0 Å². The molecule has 0 fully saturated rings. The van der Waals surface area contributed by atoms with Crippen LogP contribution in [0.5, 0.6) is 0 Å². The Morgan fingerprint density at radius 2 is 1.58 bits per heavy atom. The molecule has 0 aliphatic heterocycles. The normalized spacial score (nSPS) is 10.4. The van der Waals surface area contributed by atoms with Gasteiger partial charge < -0.3 is 0 Å². The molecular weight excluding hydrogens is 211 g/mol. The Balaban J connectivity index is 3.40. The molecule has 0 bridgehead atoms. The van der Waals surface area contributed by atoms with Gasteiger partial charge in [0.05, 0.1) is 0 Å². The number of benzene rings is 1. The van der Waals surface area contributed by atoms with E-state index >= 15 is 0 Å². The second-order valence-electron chi connectivity index (χ2n) is 3.40. The zero-order valence-electron chi connectivity index (χ0n) is 8.23. The fraction of sp³-hybridized carbons (Fsp3) is 0.455. The standard InChI is InChI=1S/C11H16Se/c1-7-5-8(2)11(6-12)10(4)9(7)3/h5,12H,6H2,1-4H3. The summed E-state index contributed by atoms with van der Waals surface area (Å²) >= 11 is 2.66. The Labute approximate surface area is 83.2 Å². The van der Waals surface area contributed by atoms with E-state index in [0.717, 1.165) is 5.32 Å². The second kappa shape index (κ2) is 3.64. The molecule has 0 amide bonds. The first-order valence-corrected chi connectivity index (χ1v) is 5.57. The first-order valence-electron chi connectivity index (χ1n) is 4.25. The number of aryl methyl sites for hydroxylation is 2. The van der Waals surface area contributed by atoms with Crippen LogP contribution in [0.3, 0.4) is 0 Å². The van der Waals surface area contributed by atoms with E-state index < -0.39 is 0 Å². The van der Waals surface area contributed by atoms with E-state index in [2.05, 4.69) is 49.8 Å². The predicted molar refractivity (Wildman–Crippen MR) is 56.2 cm³/mol. The molecule has 0 aromatic heterocycles. The topological polar surface area (TPSA) is 0 Å². The molecular formula is C11H16Se. The quantitative estimate of drug-likeness (QED) is 0.646. The van der Waals surface area contributed by atoms with Gasteiger partial charge in [-0.05, 0) is 0 Å². The van der Waals surface area contributed by atoms with Gasteiger partial charge in [0.15, 0.2) is 0 Å². The predicted octanol–water partition coefficient (Wildman–Crippen LogP) is 2.32. The molecule has 0 aliphatic rings. The molecule has 0 saturated heterocycles. The summed E-state index contributed by atoms with van der Waals surface area (Å²) in [6.07, 6.45) is 0. The van der Waals surface area contributed by atoms with Gasteiger partial charge in [-0.1, -0.05) is 0 Å². The van der Waals surface area contributed by atoms with E-state index in [1.165, 1.54) is 27.8 Å². The van der Waals surface area contributed by atoms with Crippen LogP contribution in [0.15, 0.2) is 6.07 Å². The van der Waals surface area contributed by atoms with Crippen LogP contribution in [0.4, 0.5) is 0 Å². The fourth-order valence-electron chi connectivity index (χ4n) is 1.58. The zero-order valence-corrected chi connectivity index (χ0v) is 10.1. The first-order chi connectivity index (χ1) is 5.57. The van der Waals surface area contributed by atoms with Gasteiger partial charge in [-0.2, -0.15) is 0 Å². The second-order valence-corrected chi connectivity index (χ2v) is 4.06. The van der Waals surface area contributed by atoms with Gasteiger partial charge in [-0.3, -0.25) is 0 Å². The summed E-state index contributed by atoms with van der Waals surface area (Å²) < 4.78 is 0. The molecule has 12 heavy (non-hydrogen) atoms. The summed E-state index contributed by atoms with van der Waals surface area (Å²) in [6.45, 7) is 8.81. The minimum atomic E-state index is 1.09. The SMILES string of the molecule is Cc1cc(C)c(C[SeH])c(C)c1C. The monoisotopic (exact) mass is 228 g/mol. The molecule has 66 valence electrons. The van der Waals surface area contributed by atoms with E-state index in [1.54, 1.807) is 0 Å². The van der Waals surface area contributed by atoms with Crippen LogP contribution in [0.2, 0.25) is 0 Å². The van der Waals surface area contributed by atoms with E-state index in [9.17, 15) is 0 Å². The third-order valence-corrected chi connectivity index (χ3v) is 3.34. The minimum absolute atomic E-state index is 1.09. The van der Waals surface area contributed by atoms with Crippen LogP contribution in [-0.2, 0) is 5.32 Å². The summed E-state index contributed by atoms with van der Waals surface area (Å²) in [5, 5.41) is 1.09. The van der Waals surface area contributed by atoms with Crippen LogP contribution >= 0.6 is 0 Å². The average molecular weight is 227 g/mol. The number of rotatable bonds is 1. The summed E-state index contributed by atoms with van der Waals surface area (Å²) in [5.74, 6) is 0. The molecule has 0 unspecified atom stereocenters. The van der Waals surface area contributed by atoms with Gasteiger partial charge in [-0.25, -0.2) is 0 Å². The van der Waals surface area contributed by atoms with E-state index in [-0.39, 0.29) is 0 Å². The average Bonchev–Trinajstić information content (AvgIpc) is 2.01. The van der Waals surface area contributed by atoms with Crippen LogP contribution < -0.4 is 0 Å². The van der Waals surface area contributed by atoms with Crippen molar-refractivity contribution in [3.8, 4) is 0 Å². The summed E-state index contributed by atoms with van der Waals surface area (Å²) in [5.41, 5.74) is 7.25. The van der Waals surface area contributed by atoms with Crippen LogP contribution in [-0.4, -0.2) is 16.0 Å². The van der Waals surface area contributed by atoms with Gasteiger partial charge in [-0.15, -0.1) is 0 Å². The Hall–Kier alpha value is -0.261. The molecule has 0 saturated carbocycles. The molecule has 0 N–H and O–H groups in total. The van der Waals surface area contributed by atoms with Crippen LogP contribution in [0.25, 0.3) is 0 Å². The molecule has 0 spiro atoms. The maximum absolute atomic E-state index is 2.66. The molecule has 1 aromatic carbocycles. The van der Waals surface area contributed by atoms with E-state index in [4.69, 9.17) is 0 Å². The van der Waals surface area contributed by atoms with Crippen molar-refractivity contribution in [1.82, 2.24) is 0 Å². The van der Waals surface area contributed by atoms with Gasteiger partial charge >= 0.3 is 82.9 Å². The summed E-state index contributed by atoms with van der Waals surface area (Å²) in [4.78, 5) is 0. The third kappa shape index (κ3) is 1.57. The molecule has 1 aromatic rings. The van der Waals surface area contributed by atoms with Crippen molar-refractivity contribution in [2.24, 2.45) is 0 Å². The molecule has 1 rings (SSSR count). The first kappa shape index (κ1) is 9.82. The Kier molecular flexibility index (Phi) is 2.98. The Morgan fingerprint density at radius 1 is 1.00 bits per heavy atom. The van der Waals surface area contributed by atoms with Crippen LogP contribution in [0.1, 0.15) is 27.8 Å². The zero-order chi connectivity index (χ0) is 9.30. The Morgan fingerprint density at radius 3 is 2.08 bits per heavy atom. The van der Waals surface area contributed by atoms with Crippen LogP contribution in [0, 0.1) is 27.7 Å². The van der Waals surface area contributed by atoms with Crippen molar-refractivity contribution < 1.29 is 0 Å². The van der Waals surface area contributed by atoms with Crippen molar-refractivity contribution in [3.05, 3.63) is 33.9 Å². The molecule has 0 nitrogen and oxygen atoms in total. The van der Waals surface area contributed by atoms with E-state index in [1.807, 2.05) is 0 Å². The molecule has 0 aliphatic carbocycles. The summed E-state index contributed by atoms with van der Waals surface area (Å²) in [6, 6.07) is 2.28. The molecule has 0 atom stereocenters. The maximum atomic E-state index is 2.66.